The predicted octanol–water partition coefficient (Wildman–Crippen LogP) is 13.5. The molecule has 0 bridgehead atoms. The smallest absolute Gasteiger partial charge is 0.236 e. The lowest BCUT2D eigenvalue weighted by atomic mass is 10.0. The largest absolute Gasteiger partial charge is 0.309 e. The first-order valence-electron chi connectivity index (χ1n) is 18.6. The summed E-state index contributed by atoms with van der Waals surface area (Å²) >= 11 is 1.74. The van der Waals surface area contributed by atoms with Crippen molar-refractivity contribution in [3.8, 4) is 34.0 Å². The van der Waals surface area contributed by atoms with Crippen molar-refractivity contribution in [1.82, 2.24) is 19.1 Å². The Hall–Kier alpha value is -7.08. The Morgan fingerprint density at radius 3 is 1.62 bits per heavy atom. The molecule has 0 saturated heterocycles. The molecule has 12 aromatic rings. The highest BCUT2D eigenvalue weighted by molar-refractivity contribution is 7.25. The van der Waals surface area contributed by atoms with Crippen molar-refractivity contribution < 1.29 is 0 Å². The predicted molar refractivity (Wildman–Crippen MR) is 232 cm³/mol. The van der Waals surface area contributed by atoms with Crippen LogP contribution in [-0.4, -0.2) is 19.1 Å². The van der Waals surface area contributed by atoms with E-state index < -0.39 is 0 Å². The maximum absolute atomic E-state index is 5.44. The quantitative estimate of drug-likeness (QED) is 0.182. The molecule has 0 aliphatic rings. The third kappa shape index (κ3) is 4.57. The van der Waals surface area contributed by atoms with Gasteiger partial charge in [0.2, 0.25) is 5.95 Å². The number of thiophene rings is 1. The lowest BCUT2D eigenvalue weighted by molar-refractivity contribution is 1.02. The van der Waals surface area contributed by atoms with E-state index in [1.54, 1.807) is 11.3 Å². The second-order valence-electron chi connectivity index (χ2n) is 14.2. The summed E-state index contributed by atoms with van der Waals surface area (Å²) in [6.45, 7) is 0. The van der Waals surface area contributed by atoms with Crippen LogP contribution >= 0.6 is 11.3 Å². The van der Waals surface area contributed by atoms with Crippen molar-refractivity contribution >= 4 is 86.0 Å². The van der Waals surface area contributed by atoms with Crippen molar-refractivity contribution in [2.75, 3.05) is 0 Å². The molecule has 0 N–H and O–H groups in total. The Balaban J connectivity index is 1.08. The third-order valence-corrected chi connectivity index (χ3v) is 12.2. The minimum absolute atomic E-state index is 0.677. The van der Waals surface area contributed by atoms with Crippen LogP contribution < -0.4 is 0 Å². The van der Waals surface area contributed by atoms with E-state index in [9.17, 15) is 0 Å². The topological polar surface area (TPSA) is 35.6 Å². The van der Waals surface area contributed by atoms with Crippen LogP contribution in [0.1, 0.15) is 0 Å². The highest BCUT2D eigenvalue weighted by Crippen LogP contribution is 2.42. The fraction of sp³-hybridized carbons (Fsp3) is 0. The first-order valence-corrected chi connectivity index (χ1v) is 19.4. The zero-order valence-corrected chi connectivity index (χ0v) is 30.3. The molecule has 0 fully saturated rings. The summed E-state index contributed by atoms with van der Waals surface area (Å²) in [4.78, 5) is 11.8. The summed E-state index contributed by atoms with van der Waals surface area (Å²) in [6.07, 6.45) is 0. The van der Waals surface area contributed by atoms with Gasteiger partial charge in [-0.1, -0.05) is 121 Å². The molecule has 12 rings (SSSR count). The first-order chi connectivity index (χ1) is 27.3. The Morgan fingerprint density at radius 1 is 0.382 bits per heavy atom. The minimum Gasteiger partial charge on any atom is -0.309 e. The Kier molecular flexibility index (Phi) is 6.47. The molecule has 0 aliphatic heterocycles. The molecule has 0 unspecified atom stereocenters. The Labute approximate surface area is 319 Å². The van der Waals surface area contributed by atoms with E-state index in [-0.39, 0.29) is 0 Å². The van der Waals surface area contributed by atoms with Crippen molar-refractivity contribution in [3.05, 3.63) is 182 Å². The molecule has 0 amide bonds. The summed E-state index contributed by atoms with van der Waals surface area (Å²) in [5.41, 5.74) is 10.1. The summed E-state index contributed by atoms with van der Waals surface area (Å²) in [6, 6.07) is 65.4. The summed E-state index contributed by atoms with van der Waals surface area (Å²) in [5, 5.41) is 9.59. The van der Waals surface area contributed by atoms with E-state index in [4.69, 9.17) is 9.97 Å². The third-order valence-electron chi connectivity index (χ3n) is 11.1. The number of rotatable bonds is 4. The number of fused-ring (bicyclic) bond motifs is 10. The maximum Gasteiger partial charge on any atom is 0.236 e. The van der Waals surface area contributed by atoms with Gasteiger partial charge in [-0.2, -0.15) is 0 Å². The number of para-hydroxylation sites is 3. The molecule has 0 spiro atoms. The van der Waals surface area contributed by atoms with E-state index in [1.807, 2.05) is 0 Å². The van der Waals surface area contributed by atoms with E-state index in [0.717, 1.165) is 38.2 Å². The van der Waals surface area contributed by atoms with Gasteiger partial charge in [-0.05, 0) is 82.6 Å². The second-order valence-corrected chi connectivity index (χ2v) is 15.3. The molecular weight excluding hydrogens is 689 g/mol. The highest BCUT2D eigenvalue weighted by Gasteiger charge is 2.21. The summed E-state index contributed by atoms with van der Waals surface area (Å²) < 4.78 is 5.83. The van der Waals surface area contributed by atoms with E-state index in [2.05, 4.69) is 191 Å². The van der Waals surface area contributed by atoms with E-state index in [0.29, 0.717) is 5.95 Å². The second kappa shape index (κ2) is 11.7. The molecule has 0 aliphatic carbocycles. The Morgan fingerprint density at radius 2 is 0.927 bits per heavy atom. The van der Waals surface area contributed by atoms with Crippen molar-refractivity contribution in [3.63, 3.8) is 0 Å². The standard InChI is InChI=1S/C50H30N4S/c1-3-13-31(14-4-1)48-47-41-29-32-15-7-8-16-33(32)30-46(41)55-49(47)52-50(51-48)54-43-22-12-10-20-38(43)40-28-35(24-26-45(40)54)34-23-25-44-39(27-34)37-19-9-11-21-42(37)53(44)36-17-5-2-6-18-36/h1-30H. The van der Waals surface area contributed by atoms with Gasteiger partial charge in [0.1, 0.15) is 4.83 Å². The zero-order valence-electron chi connectivity index (χ0n) is 29.5. The van der Waals surface area contributed by atoms with Crippen LogP contribution in [-0.2, 0) is 0 Å². The van der Waals surface area contributed by atoms with Crippen LogP contribution in [0.4, 0.5) is 0 Å². The molecule has 0 atom stereocenters. The van der Waals surface area contributed by atoms with Gasteiger partial charge in [0.15, 0.2) is 0 Å². The molecule has 55 heavy (non-hydrogen) atoms. The normalized spacial score (nSPS) is 12.0. The average molecular weight is 719 g/mol. The van der Waals surface area contributed by atoms with Crippen molar-refractivity contribution in [2.45, 2.75) is 0 Å². The molecule has 4 heterocycles. The SMILES string of the molecule is c1ccc(-c2nc(-n3c4ccccc4c4cc(-c5ccc6c(c5)c5ccccc5n6-c5ccccc5)ccc43)nc3sc4cc5ccccc5cc4c23)cc1. The number of nitrogens with zero attached hydrogens (tertiary/aromatic N) is 4. The van der Waals surface area contributed by atoms with Gasteiger partial charge < -0.3 is 4.57 Å². The average Bonchev–Trinajstić information content (AvgIpc) is 3.89. The molecule has 4 aromatic heterocycles. The van der Waals surface area contributed by atoms with Crippen molar-refractivity contribution in [1.29, 1.82) is 0 Å². The zero-order chi connectivity index (χ0) is 36.0. The molecule has 5 heteroatoms. The lowest BCUT2D eigenvalue weighted by Crippen LogP contribution is -2.02. The summed E-state index contributed by atoms with van der Waals surface area (Å²) in [5.74, 6) is 0.677. The molecule has 256 valence electrons. The van der Waals surface area contributed by atoms with Gasteiger partial charge in [0.25, 0.3) is 0 Å². The lowest BCUT2D eigenvalue weighted by Gasteiger charge is -2.11. The van der Waals surface area contributed by atoms with E-state index >= 15 is 0 Å². The molecular formula is C50H30N4S. The number of hydrogen-bond acceptors (Lipinski definition) is 3. The van der Waals surface area contributed by atoms with Gasteiger partial charge in [0.05, 0.1) is 27.8 Å². The maximum atomic E-state index is 5.44. The van der Waals surface area contributed by atoms with Gasteiger partial charge in [0, 0.05) is 48.3 Å². The van der Waals surface area contributed by atoms with Gasteiger partial charge in [-0.25, -0.2) is 9.97 Å². The van der Waals surface area contributed by atoms with Crippen LogP contribution in [0.25, 0.3) is 109 Å². The minimum atomic E-state index is 0.677. The Bertz CT molecular complexity index is 3480. The van der Waals surface area contributed by atoms with Crippen LogP contribution in [0.15, 0.2) is 182 Å². The van der Waals surface area contributed by atoms with Gasteiger partial charge in [-0.15, -0.1) is 11.3 Å². The number of aromatic nitrogens is 4. The highest BCUT2D eigenvalue weighted by atomic mass is 32.1. The molecule has 0 saturated carbocycles. The number of hydrogen-bond donors (Lipinski definition) is 0. The van der Waals surface area contributed by atoms with Gasteiger partial charge >= 0.3 is 0 Å². The molecule has 0 radical (unpaired) electrons. The fourth-order valence-corrected chi connectivity index (χ4v) is 9.73. The van der Waals surface area contributed by atoms with Crippen LogP contribution in [0.2, 0.25) is 0 Å². The molecule has 4 nitrogen and oxygen atoms in total. The van der Waals surface area contributed by atoms with Crippen LogP contribution in [0.3, 0.4) is 0 Å². The van der Waals surface area contributed by atoms with E-state index in [1.165, 1.54) is 64.6 Å². The first kappa shape index (κ1) is 30.4. The summed E-state index contributed by atoms with van der Waals surface area (Å²) in [7, 11) is 0. The molecule has 8 aromatic carbocycles. The van der Waals surface area contributed by atoms with Crippen LogP contribution in [0, 0.1) is 0 Å². The van der Waals surface area contributed by atoms with Crippen molar-refractivity contribution in [2.24, 2.45) is 0 Å². The monoisotopic (exact) mass is 718 g/mol. The number of benzene rings is 8. The van der Waals surface area contributed by atoms with Crippen LogP contribution in [0.5, 0.6) is 0 Å². The van der Waals surface area contributed by atoms with Gasteiger partial charge in [-0.3, -0.25) is 4.57 Å². The fourth-order valence-electron chi connectivity index (χ4n) is 8.63.